The van der Waals surface area contributed by atoms with Crippen molar-refractivity contribution in [3.8, 4) is 0 Å². The molecule has 106 valence electrons. The maximum Gasteiger partial charge on any atom is 0.234 e. The Morgan fingerprint density at radius 1 is 1.32 bits per heavy atom. The van der Waals surface area contributed by atoms with Crippen molar-refractivity contribution in [3.63, 3.8) is 0 Å². The summed E-state index contributed by atoms with van der Waals surface area (Å²) in [7, 11) is 0. The molecule has 1 aromatic rings. The second kappa shape index (κ2) is 6.81. The Morgan fingerprint density at radius 2 is 2.05 bits per heavy atom. The summed E-state index contributed by atoms with van der Waals surface area (Å²) < 4.78 is 0. The fourth-order valence-corrected chi connectivity index (χ4v) is 2.77. The first kappa shape index (κ1) is 14.2. The van der Waals surface area contributed by atoms with E-state index in [2.05, 4.69) is 32.2 Å². The molecular formula is C12H21N5OS. The van der Waals surface area contributed by atoms with Gasteiger partial charge in [-0.05, 0) is 13.3 Å². The third-order valence-corrected chi connectivity index (χ3v) is 4.00. The van der Waals surface area contributed by atoms with Crippen molar-refractivity contribution < 1.29 is 4.79 Å². The molecule has 7 heteroatoms. The average molecular weight is 283 g/mol. The highest BCUT2D eigenvalue weighted by Gasteiger charge is 2.20. The molecule has 0 radical (unpaired) electrons. The molecule has 2 rings (SSSR count). The number of piperazine rings is 1. The smallest absolute Gasteiger partial charge is 0.234 e. The summed E-state index contributed by atoms with van der Waals surface area (Å²) in [5, 5.41) is 13.1. The number of hydrogen-bond acceptors (Lipinski definition) is 6. The van der Waals surface area contributed by atoms with E-state index in [-0.39, 0.29) is 5.91 Å². The third-order valence-electron chi connectivity index (χ3n) is 3.10. The fourth-order valence-electron chi connectivity index (χ4n) is 2.03. The van der Waals surface area contributed by atoms with E-state index in [1.807, 2.05) is 6.92 Å². The van der Waals surface area contributed by atoms with Crippen molar-refractivity contribution in [2.24, 2.45) is 0 Å². The zero-order chi connectivity index (χ0) is 13.7. The Balaban J connectivity index is 1.74. The molecule has 1 fully saturated rings. The van der Waals surface area contributed by atoms with E-state index in [0.29, 0.717) is 6.54 Å². The monoisotopic (exact) mass is 283 g/mol. The van der Waals surface area contributed by atoms with E-state index in [0.717, 1.165) is 49.3 Å². The second-order valence-corrected chi connectivity index (χ2v) is 5.88. The number of carbonyl (C=O) groups excluding carboxylic acids is 1. The van der Waals surface area contributed by atoms with Gasteiger partial charge in [0.15, 0.2) is 0 Å². The number of nitrogens with one attached hydrogen (secondary N) is 1. The second-order valence-electron chi connectivity index (χ2n) is 4.72. The fraction of sp³-hybridized carbons (Fsp3) is 0.750. The van der Waals surface area contributed by atoms with Crippen LogP contribution >= 0.6 is 11.3 Å². The lowest BCUT2D eigenvalue weighted by molar-refractivity contribution is -0.122. The molecule has 1 amide bonds. The van der Waals surface area contributed by atoms with Gasteiger partial charge >= 0.3 is 0 Å². The summed E-state index contributed by atoms with van der Waals surface area (Å²) >= 11 is 1.63. The van der Waals surface area contributed by atoms with E-state index in [9.17, 15) is 4.79 Å². The summed E-state index contributed by atoms with van der Waals surface area (Å²) in [6, 6.07) is 0. The largest absolute Gasteiger partial charge is 0.355 e. The number of amides is 1. The average Bonchev–Trinajstić information content (AvgIpc) is 2.84. The quantitative estimate of drug-likeness (QED) is 0.852. The van der Waals surface area contributed by atoms with E-state index < -0.39 is 0 Å². The van der Waals surface area contributed by atoms with Crippen LogP contribution in [0.2, 0.25) is 0 Å². The Bertz CT molecular complexity index is 414. The number of anilines is 1. The summed E-state index contributed by atoms with van der Waals surface area (Å²) in [5.41, 5.74) is 0. The first-order chi connectivity index (χ1) is 9.19. The first-order valence-corrected chi connectivity index (χ1v) is 7.55. The van der Waals surface area contributed by atoms with Crippen LogP contribution in [0, 0.1) is 6.92 Å². The van der Waals surface area contributed by atoms with E-state index in [4.69, 9.17) is 0 Å². The molecule has 19 heavy (non-hydrogen) atoms. The van der Waals surface area contributed by atoms with Gasteiger partial charge in [-0.3, -0.25) is 9.69 Å². The van der Waals surface area contributed by atoms with Crippen LogP contribution in [-0.2, 0) is 4.79 Å². The zero-order valence-corrected chi connectivity index (χ0v) is 12.4. The maximum absolute atomic E-state index is 11.6. The number of carbonyl (C=O) groups is 1. The minimum absolute atomic E-state index is 0.127. The van der Waals surface area contributed by atoms with Crippen molar-refractivity contribution >= 4 is 22.4 Å². The predicted octanol–water partition coefficient (Wildman–Crippen LogP) is 0.495. The lowest BCUT2D eigenvalue weighted by atomic mass is 10.3. The van der Waals surface area contributed by atoms with Crippen molar-refractivity contribution in [2.45, 2.75) is 20.3 Å². The van der Waals surface area contributed by atoms with Crippen LogP contribution in [0.4, 0.5) is 5.13 Å². The Labute approximate surface area is 117 Å². The Hall–Kier alpha value is -1.21. The van der Waals surface area contributed by atoms with E-state index in [1.165, 1.54) is 0 Å². The zero-order valence-electron chi connectivity index (χ0n) is 11.6. The molecule has 0 aromatic carbocycles. The number of rotatable bonds is 5. The lowest BCUT2D eigenvalue weighted by Crippen LogP contribution is -2.49. The molecular weight excluding hydrogens is 262 g/mol. The molecule has 0 aliphatic carbocycles. The van der Waals surface area contributed by atoms with Crippen LogP contribution in [0.15, 0.2) is 0 Å². The molecule has 1 saturated heterocycles. The van der Waals surface area contributed by atoms with Crippen LogP contribution in [0.3, 0.4) is 0 Å². The molecule has 1 aromatic heterocycles. The van der Waals surface area contributed by atoms with Crippen LogP contribution in [0.25, 0.3) is 0 Å². The van der Waals surface area contributed by atoms with E-state index >= 15 is 0 Å². The minimum atomic E-state index is 0.127. The van der Waals surface area contributed by atoms with Crippen LogP contribution < -0.4 is 10.2 Å². The van der Waals surface area contributed by atoms with Crippen LogP contribution in [0.5, 0.6) is 0 Å². The molecule has 0 spiro atoms. The van der Waals surface area contributed by atoms with Gasteiger partial charge in [-0.2, -0.15) is 0 Å². The molecule has 1 N–H and O–H groups in total. The highest BCUT2D eigenvalue weighted by atomic mass is 32.1. The molecule has 0 atom stereocenters. The number of hydrogen-bond donors (Lipinski definition) is 1. The van der Waals surface area contributed by atoms with Gasteiger partial charge in [0.25, 0.3) is 0 Å². The molecule has 0 unspecified atom stereocenters. The van der Waals surface area contributed by atoms with Gasteiger partial charge in [0.1, 0.15) is 5.01 Å². The van der Waals surface area contributed by atoms with Gasteiger partial charge in [0, 0.05) is 32.7 Å². The number of nitrogens with zero attached hydrogens (tertiary/aromatic N) is 4. The van der Waals surface area contributed by atoms with Crippen molar-refractivity contribution in [3.05, 3.63) is 5.01 Å². The van der Waals surface area contributed by atoms with Gasteiger partial charge in [0.2, 0.25) is 11.0 Å². The van der Waals surface area contributed by atoms with Gasteiger partial charge in [-0.25, -0.2) is 0 Å². The highest BCUT2D eigenvalue weighted by Crippen LogP contribution is 2.20. The minimum Gasteiger partial charge on any atom is -0.355 e. The lowest BCUT2D eigenvalue weighted by Gasteiger charge is -2.33. The third kappa shape index (κ3) is 4.14. The SMILES string of the molecule is CCCNC(=O)CN1CCN(c2nnc(C)s2)CC1. The standard InChI is InChI=1S/C12H21N5OS/c1-3-4-13-11(18)9-16-5-7-17(8-6-16)12-15-14-10(2)19-12/h3-9H2,1-2H3,(H,13,18). The normalized spacial score (nSPS) is 16.6. The summed E-state index contributed by atoms with van der Waals surface area (Å²) in [5.74, 6) is 0.127. The molecule has 0 bridgehead atoms. The molecule has 1 aliphatic heterocycles. The molecule has 6 nitrogen and oxygen atoms in total. The van der Waals surface area contributed by atoms with Gasteiger partial charge in [0.05, 0.1) is 6.54 Å². The molecule has 2 heterocycles. The maximum atomic E-state index is 11.6. The van der Waals surface area contributed by atoms with Crippen molar-refractivity contribution in [1.29, 1.82) is 0 Å². The molecule has 1 aliphatic rings. The summed E-state index contributed by atoms with van der Waals surface area (Å²) in [6.45, 7) is 8.92. The molecule has 0 saturated carbocycles. The number of aryl methyl sites for hydroxylation is 1. The Morgan fingerprint density at radius 3 is 2.63 bits per heavy atom. The van der Waals surface area contributed by atoms with Crippen LogP contribution in [0.1, 0.15) is 18.4 Å². The van der Waals surface area contributed by atoms with Crippen molar-refractivity contribution in [1.82, 2.24) is 20.4 Å². The summed E-state index contributed by atoms with van der Waals surface area (Å²) in [6.07, 6.45) is 0.982. The Kier molecular flexibility index (Phi) is 5.09. The van der Waals surface area contributed by atoms with Gasteiger partial charge in [-0.1, -0.05) is 18.3 Å². The first-order valence-electron chi connectivity index (χ1n) is 6.73. The van der Waals surface area contributed by atoms with Gasteiger partial charge < -0.3 is 10.2 Å². The highest BCUT2D eigenvalue weighted by molar-refractivity contribution is 7.15. The topological polar surface area (TPSA) is 61.4 Å². The predicted molar refractivity (Wildman–Crippen MR) is 76.6 cm³/mol. The number of aromatic nitrogens is 2. The van der Waals surface area contributed by atoms with E-state index in [1.54, 1.807) is 11.3 Å². The van der Waals surface area contributed by atoms with Crippen molar-refractivity contribution in [2.75, 3.05) is 44.2 Å². The van der Waals surface area contributed by atoms with Gasteiger partial charge in [-0.15, -0.1) is 10.2 Å². The van der Waals surface area contributed by atoms with Crippen LogP contribution in [-0.4, -0.2) is 60.3 Å². The summed E-state index contributed by atoms with van der Waals surface area (Å²) in [4.78, 5) is 16.1.